The molecule has 30 heavy (non-hydrogen) atoms. The molecule has 0 unspecified atom stereocenters. The monoisotopic (exact) mass is 422 g/mol. The van der Waals surface area contributed by atoms with Crippen LogP contribution in [0.25, 0.3) is 6.08 Å². The molecule has 7 heteroatoms. The first kappa shape index (κ1) is 21.5. The molecule has 2 N–H and O–H groups in total. The number of hydrogen-bond donors (Lipinski definition) is 2. The number of carbonyl (C=O) groups is 2. The van der Waals surface area contributed by atoms with E-state index in [0.29, 0.717) is 6.42 Å². The number of benzene rings is 2. The van der Waals surface area contributed by atoms with Crippen molar-refractivity contribution in [2.24, 2.45) is 0 Å². The van der Waals surface area contributed by atoms with E-state index in [-0.39, 0.29) is 16.9 Å². The van der Waals surface area contributed by atoms with Crippen LogP contribution in [0.15, 0.2) is 60.7 Å². The molecule has 1 aliphatic heterocycles. The van der Waals surface area contributed by atoms with Gasteiger partial charge < -0.3 is 15.1 Å². The van der Waals surface area contributed by atoms with Crippen molar-refractivity contribution >= 4 is 46.6 Å². The smallest absolute Gasteiger partial charge is 0.250 e. The predicted octanol–water partition coefficient (Wildman–Crippen LogP) is 3.27. The minimum absolute atomic E-state index is 0.211. The van der Waals surface area contributed by atoms with Crippen molar-refractivity contribution in [2.45, 2.75) is 13.3 Å². The van der Waals surface area contributed by atoms with E-state index in [0.717, 1.165) is 43.1 Å². The lowest BCUT2D eigenvalue weighted by Gasteiger charge is -2.36. The van der Waals surface area contributed by atoms with Gasteiger partial charge in [-0.15, -0.1) is 0 Å². The summed E-state index contributed by atoms with van der Waals surface area (Å²) in [6.07, 6.45) is 3.74. The van der Waals surface area contributed by atoms with Crippen LogP contribution in [-0.4, -0.2) is 48.0 Å². The molecule has 0 radical (unpaired) electrons. The summed E-state index contributed by atoms with van der Waals surface area (Å²) in [5.41, 5.74) is 2.85. The number of nitrogens with zero attached hydrogens (tertiary/aromatic N) is 2. The number of carbonyl (C=O) groups excluding carboxylic acids is 2. The first-order valence-electron chi connectivity index (χ1n) is 10.0. The van der Waals surface area contributed by atoms with Gasteiger partial charge in [0.2, 0.25) is 11.8 Å². The average Bonchev–Trinajstić information content (AvgIpc) is 2.78. The van der Waals surface area contributed by atoms with Crippen LogP contribution in [0.4, 0.5) is 11.4 Å². The molecule has 2 aromatic rings. The molecule has 156 valence electrons. The second kappa shape index (κ2) is 10.5. The first-order valence-corrected chi connectivity index (χ1v) is 10.4. The Kier molecular flexibility index (Phi) is 7.57. The van der Waals surface area contributed by atoms with E-state index in [1.807, 2.05) is 66.4 Å². The molecular weight excluding hydrogens is 396 g/mol. The second-order valence-corrected chi connectivity index (χ2v) is 7.36. The van der Waals surface area contributed by atoms with Gasteiger partial charge in [-0.05, 0) is 48.1 Å². The van der Waals surface area contributed by atoms with Crippen molar-refractivity contribution in [2.75, 3.05) is 36.4 Å². The Hall–Kier alpha value is -3.19. The van der Waals surface area contributed by atoms with Crippen molar-refractivity contribution < 1.29 is 9.59 Å². The van der Waals surface area contributed by atoms with Crippen LogP contribution < -0.4 is 15.5 Å². The topological polar surface area (TPSA) is 64.7 Å². The van der Waals surface area contributed by atoms with E-state index in [9.17, 15) is 9.59 Å². The van der Waals surface area contributed by atoms with Gasteiger partial charge in [0, 0.05) is 50.1 Å². The van der Waals surface area contributed by atoms with Gasteiger partial charge in [0.1, 0.15) is 0 Å². The summed E-state index contributed by atoms with van der Waals surface area (Å²) in [6, 6.07) is 17.5. The Morgan fingerprint density at radius 1 is 1.00 bits per heavy atom. The minimum Gasteiger partial charge on any atom is -0.368 e. The lowest BCUT2D eigenvalue weighted by Crippen LogP contribution is -2.48. The molecule has 3 rings (SSSR count). The van der Waals surface area contributed by atoms with Crippen LogP contribution in [0.3, 0.4) is 0 Å². The van der Waals surface area contributed by atoms with Crippen LogP contribution in [0.2, 0.25) is 0 Å². The highest BCUT2D eigenvalue weighted by atomic mass is 32.1. The number of piperazine rings is 1. The van der Waals surface area contributed by atoms with E-state index in [1.54, 1.807) is 6.08 Å². The van der Waals surface area contributed by atoms with E-state index < -0.39 is 0 Å². The van der Waals surface area contributed by atoms with Gasteiger partial charge in [0.15, 0.2) is 5.11 Å². The molecule has 1 fully saturated rings. The van der Waals surface area contributed by atoms with Crippen LogP contribution in [0, 0.1) is 0 Å². The highest BCUT2D eigenvalue weighted by Crippen LogP contribution is 2.19. The normalized spacial score (nSPS) is 13.9. The van der Waals surface area contributed by atoms with E-state index in [2.05, 4.69) is 15.5 Å². The fourth-order valence-corrected chi connectivity index (χ4v) is 3.46. The van der Waals surface area contributed by atoms with Crippen LogP contribution in [-0.2, 0) is 9.59 Å². The maximum Gasteiger partial charge on any atom is 0.250 e. The van der Waals surface area contributed by atoms with Gasteiger partial charge in [-0.2, -0.15) is 0 Å². The summed E-state index contributed by atoms with van der Waals surface area (Å²) in [6.45, 7) is 5.03. The molecule has 2 aromatic carbocycles. The zero-order valence-electron chi connectivity index (χ0n) is 17.0. The Morgan fingerprint density at radius 3 is 2.30 bits per heavy atom. The van der Waals surface area contributed by atoms with Crippen molar-refractivity contribution in [3.63, 3.8) is 0 Å². The molecule has 6 nitrogen and oxygen atoms in total. The van der Waals surface area contributed by atoms with Gasteiger partial charge >= 0.3 is 0 Å². The van der Waals surface area contributed by atoms with E-state index in [1.165, 1.54) is 6.08 Å². The van der Waals surface area contributed by atoms with Crippen molar-refractivity contribution in [3.05, 3.63) is 66.2 Å². The summed E-state index contributed by atoms with van der Waals surface area (Å²) < 4.78 is 0. The quantitative estimate of drug-likeness (QED) is 0.572. The average molecular weight is 423 g/mol. The SMILES string of the molecule is CCC(=O)N1CCN(c2ccc(NC(=S)NC(=O)/C=C/c3ccccc3)cc2)CC1. The number of hydrogen-bond acceptors (Lipinski definition) is 4. The summed E-state index contributed by atoms with van der Waals surface area (Å²) >= 11 is 5.23. The molecule has 0 saturated carbocycles. The molecular formula is C23H26N4O2S. The number of amides is 2. The Bertz CT molecular complexity index is 905. The van der Waals surface area contributed by atoms with Gasteiger partial charge in [-0.25, -0.2) is 0 Å². The lowest BCUT2D eigenvalue weighted by molar-refractivity contribution is -0.131. The number of anilines is 2. The highest BCUT2D eigenvalue weighted by molar-refractivity contribution is 7.80. The molecule has 0 spiro atoms. The molecule has 0 bridgehead atoms. The molecule has 2 amide bonds. The second-order valence-electron chi connectivity index (χ2n) is 6.96. The predicted molar refractivity (Wildman–Crippen MR) is 125 cm³/mol. The molecule has 0 aliphatic carbocycles. The Morgan fingerprint density at radius 2 is 1.67 bits per heavy atom. The van der Waals surface area contributed by atoms with Crippen LogP contribution in [0.1, 0.15) is 18.9 Å². The van der Waals surface area contributed by atoms with Gasteiger partial charge in [-0.3, -0.25) is 14.9 Å². The van der Waals surface area contributed by atoms with E-state index in [4.69, 9.17) is 12.2 Å². The molecule has 1 saturated heterocycles. The number of nitrogens with one attached hydrogen (secondary N) is 2. The lowest BCUT2D eigenvalue weighted by atomic mass is 10.2. The third-order valence-electron chi connectivity index (χ3n) is 4.89. The van der Waals surface area contributed by atoms with Gasteiger partial charge in [-0.1, -0.05) is 37.3 Å². The summed E-state index contributed by atoms with van der Waals surface area (Å²) in [4.78, 5) is 28.0. The van der Waals surface area contributed by atoms with Gasteiger partial charge in [0.25, 0.3) is 0 Å². The summed E-state index contributed by atoms with van der Waals surface area (Å²) in [5.74, 6) is -0.0733. The molecule has 0 atom stereocenters. The van der Waals surface area contributed by atoms with Crippen molar-refractivity contribution in [1.82, 2.24) is 10.2 Å². The molecule has 1 aliphatic rings. The maximum atomic E-state index is 12.0. The molecule has 1 heterocycles. The van der Waals surface area contributed by atoms with E-state index >= 15 is 0 Å². The zero-order valence-corrected chi connectivity index (χ0v) is 17.8. The molecule has 0 aromatic heterocycles. The number of rotatable bonds is 5. The first-order chi connectivity index (χ1) is 14.5. The van der Waals surface area contributed by atoms with Crippen molar-refractivity contribution in [1.29, 1.82) is 0 Å². The maximum absolute atomic E-state index is 12.0. The third kappa shape index (κ3) is 6.15. The fourth-order valence-electron chi connectivity index (χ4n) is 3.25. The van der Waals surface area contributed by atoms with Crippen molar-refractivity contribution in [3.8, 4) is 0 Å². The fraction of sp³-hybridized carbons (Fsp3) is 0.261. The number of thiocarbonyl (C=S) groups is 1. The minimum atomic E-state index is -0.285. The Balaban J connectivity index is 1.47. The third-order valence-corrected chi connectivity index (χ3v) is 5.09. The zero-order chi connectivity index (χ0) is 21.3. The Labute approximate surface area is 182 Å². The standard InChI is InChI=1S/C23H26N4O2S/c1-2-22(29)27-16-14-26(15-17-27)20-11-9-19(10-12-20)24-23(30)25-21(28)13-8-18-6-4-3-5-7-18/h3-13H,2,14-17H2,1H3,(H2,24,25,28,30)/b13-8+. The van der Waals surface area contributed by atoms with Crippen LogP contribution in [0.5, 0.6) is 0 Å². The largest absolute Gasteiger partial charge is 0.368 e. The summed E-state index contributed by atoms with van der Waals surface area (Å²) in [7, 11) is 0. The van der Waals surface area contributed by atoms with Crippen LogP contribution >= 0.6 is 12.2 Å². The van der Waals surface area contributed by atoms with Gasteiger partial charge in [0.05, 0.1) is 0 Å². The summed E-state index contributed by atoms with van der Waals surface area (Å²) in [5, 5.41) is 5.92. The highest BCUT2D eigenvalue weighted by Gasteiger charge is 2.20.